The van der Waals surface area contributed by atoms with Gasteiger partial charge in [0.15, 0.2) is 0 Å². The van der Waals surface area contributed by atoms with Gasteiger partial charge in [0.2, 0.25) is 59.1 Å². The van der Waals surface area contributed by atoms with Crippen LogP contribution in [0.25, 0.3) is 21.3 Å². The van der Waals surface area contributed by atoms with E-state index in [4.69, 9.17) is 11.3 Å². The smallest absolute Gasteiger partial charge is 0.246 e. The molecule has 31 heteroatoms. The van der Waals surface area contributed by atoms with Gasteiger partial charge in [-0.25, -0.2) is 0 Å². The van der Waals surface area contributed by atoms with E-state index in [9.17, 15) is 68.4 Å². The summed E-state index contributed by atoms with van der Waals surface area (Å²) in [6, 6.07) is -7.75. The number of carbonyl (C=O) groups is 10. The molecule has 4 aliphatic rings. The molecule has 15 N–H and O–H groups in total. The second-order valence-electron chi connectivity index (χ2n) is 20.9. The minimum atomic E-state index is -2.50. The minimum Gasteiger partial charge on any atom is -0.506 e. The number of aliphatic hydroxyl groups excluding tert-OH is 3. The molecular formula is C50H73N15O15S. The summed E-state index contributed by atoms with van der Waals surface area (Å²) in [5.74, 6) is -12.6. The van der Waals surface area contributed by atoms with Gasteiger partial charge in [-0.1, -0.05) is 38.7 Å². The molecule has 6 rings (SSSR count). The zero-order valence-electron chi connectivity index (χ0n) is 45.2. The molecule has 0 aliphatic carbocycles. The number of aromatic hydroxyl groups is 1. The standard InChI is InChI=1S/C50H73N15O15S/c1-4-24(2)40-47(77)54-19-38(72)57-32-23-81(80)49-29(28-9-10-34(68)43(42(28)62-49)64-14-11-26(12-15-64)56-37(71)8-6-5-7-13-55-63-52)17-30(44(74)53-20-39(73)60-40)58-48(78)41(25(3)35(69)22-66)61-46(76)33-16-27(67)21-65(33)50(79)31(18-36(51)70)59-45(32)75/h9-10,24-27,30-33,35,40-41,62,66-69H,4-8,11-23H2,1-3H3,(H2,51,70)(H,53,74)(H,54,77)(H,56,71)(H,57,72)(H,58,78)(H,59,75)(H,60,73)(H,61,76)/t24-,25+,27+,30+,31-,32+,33-,35+,40-,41-,81?/m0/s1. The van der Waals surface area contributed by atoms with E-state index in [1.165, 1.54) is 19.1 Å². The molecule has 2 fully saturated rings. The third-order valence-corrected chi connectivity index (χ3v) is 16.5. The van der Waals surface area contributed by atoms with Crippen molar-refractivity contribution in [3.8, 4) is 5.75 Å². The molecule has 1 unspecified atom stereocenters. The molecule has 2 aromatic rings. The van der Waals surface area contributed by atoms with Crippen LogP contribution in [0.4, 0.5) is 5.69 Å². The third kappa shape index (κ3) is 16.1. The van der Waals surface area contributed by atoms with Gasteiger partial charge in [0.1, 0.15) is 52.7 Å². The number of primary amides is 1. The zero-order chi connectivity index (χ0) is 59.2. The lowest BCUT2D eigenvalue weighted by Crippen LogP contribution is -2.62. The molecule has 81 heavy (non-hydrogen) atoms. The lowest BCUT2D eigenvalue weighted by molar-refractivity contribution is -0.144. The summed E-state index contributed by atoms with van der Waals surface area (Å²) in [5, 5.41) is 67.3. The number of azide groups is 1. The van der Waals surface area contributed by atoms with Crippen LogP contribution in [0.15, 0.2) is 22.3 Å². The number of piperidine rings is 1. The Bertz CT molecular complexity index is 2780. The van der Waals surface area contributed by atoms with Crippen LogP contribution in [0.1, 0.15) is 84.1 Å². The molecule has 10 amide bonds. The van der Waals surface area contributed by atoms with E-state index >= 15 is 4.21 Å². The van der Waals surface area contributed by atoms with Gasteiger partial charge < -0.3 is 83.5 Å². The lowest BCUT2D eigenvalue weighted by atomic mass is 9.93. The topological polar surface area (TPSA) is 462 Å². The van der Waals surface area contributed by atoms with Crippen molar-refractivity contribution in [2.75, 3.05) is 56.5 Å². The number of nitrogens with zero attached hydrogens (tertiary/aromatic N) is 5. The van der Waals surface area contributed by atoms with Crippen molar-refractivity contribution in [3.63, 3.8) is 0 Å². The molecule has 2 bridgehead atoms. The van der Waals surface area contributed by atoms with Gasteiger partial charge >= 0.3 is 0 Å². The first-order valence-corrected chi connectivity index (χ1v) is 28.3. The summed E-state index contributed by atoms with van der Waals surface area (Å²) >= 11 is 0. The fraction of sp³-hybridized carbons (Fsp3) is 0.640. The van der Waals surface area contributed by atoms with Crippen LogP contribution < -0.4 is 53.2 Å². The number of rotatable bonds is 15. The Morgan fingerprint density at radius 1 is 0.889 bits per heavy atom. The predicted octanol–water partition coefficient (Wildman–Crippen LogP) is -3.96. The quantitative estimate of drug-likeness (QED) is 0.0350. The number of aromatic amines is 1. The SMILES string of the molecule is CC[C@H](C)[C@@H]1NC(=O)CNC(=O)[C@H]2Cc3c([nH]c4c(N5CCC(NC(=O)CCCCCN=[N+]=[N-])CC5)c(O)ccc34)S(=O)C[C@@H](NC(=O)CNC1=O)C(=O)N[C@@H](CC(N)=O)C(=O)N1C[C@H](O)C[C@H]1C(=O)N[C@@H]([C@H](C)[C@H](O)CO)C(=O)N2. The molecule has 0 radical (unpaired) electrons. The van der Waals surface area contributed by atoms with Gasteiger partial charge in [-0.2, -0.15) is 0 Å². The molecule has 1 aromatic carbocycles. The molecular weight excluding hydrogens is 1080 g/mol. The Balaban J connectivity index is 1.50. The van der Waals surface area contributed by atoms with Gasteiger partial charge in [-0.05, 0) is 54.8 Å². The largest absolute Gasteiger partial charge is 0.506 e. The van der Waals surface area contributed by atoms with E-state index in [2.05, 4.69) is 57.5 Å². The van der Waals surface area contributed by atoms with Gasteiger partial charge in [-0.15, -0.1) is 0 Å². The Kier molecular flexibility index (Phi) is 22.2. The molecule has 1 aromatic heterocycles. The molecule has 11 atom stereocenters. The maximum Gasteiger partial charge on any atom is 0.246 e. The summed E-state index contributed by atoms with van der Waals surface area (Å²) in [5.41, 5.74) is 14.5. The second kappa shape index (κ2) is 28.7. The predicted molar refractivity (Wildman–Crippen MR) is 288 cm³/mol. The van der Waals surface area contributed by atoms with Gasteiger partial charge in [-0.3, -0.25) is 52.2 Å². The molecule has 30 nitrogen and oxygen atoms in total. The number of aromatic nitrogens is 1. The summed E-state index contributed by atoms with van der Waals surface area (Å²) < 4.78 is 15.3. The second-order valence-corrected chi connectivity index (χ2v) is 22.3. The first kappa shape index (κ1) is 62.6. The summed E-state index contributed by atoms with van der Waals surface area (Å²) in [7, 11) is -2.50. The molecule has 4 aliphatic heterocycles. The van der Waals surface area contributed by atoms with Crippen molar-refractivity contribution in [2.24, 2.45) is 22.7 Å². The van der Waals surface area contributed by atoms with Crippen molar-refractivity contribution in [1.82, 2.24) is 52.4 Å². The van der Waals surface area contributed by atoms with Gasteiger partial charge in [0.25, 0.3) is 0 Å². The Morgan fingerprint density at radius 2 is 1.58 bits per heavy atom. The number of carbonyl (C=O) groups excluding carboxylic acids is 10. The normalized spacial score (nSPS) is 26.2. The van der Waals surface area contributed by atoms with Crippen LogP contribution >= 0.6 is 0 Å². The number of nitrogens with two attached hydrogens (primary N) is 1. The van der Waals surface area contributed by atoms with Crippen molar-refractivity contribution in [3.05, 3.63) is 28.1 Å². The number of nitrogens with one attached hydrogen (secondary N) is 9. The summed E-state index contributed by atoms with van der Waals surface area (Å²) in [6.07, 6.45) is -1.66. The molecule has 0 saturated carbocycles. The van der Waals surface area contributed by atoms with E-state index in [0.717, 1.165) is 4.90 Å². The van der Waals surface area contributed by atoms with E-state index in [-0.39, 0.29) is 64.4 Å². The molecule has 5 heterocycles. The maximum atomic E-state index is 15.3. The number of aliphatic hydroxyl groups is 3. The van der Waals surface area contributed by atoms with E-state index < -0.39 is 176 Å². The van der Waals surface area contributed by atoms with Crippen molar-refractivity contribution < 1.29 is 72.6 Å². The number of benzene rings is 1. The van der Waals surface area contributed by atoms with Crippen LogP contribution in [0.3, 0.4) is 0 Å². The zero-order valence-corrected chi connectivity index (χ0v) is 46.1. The number of amides is 10. The van der Waals surface area contributed by atoms with Crippen LogP contribution in [0, 0.1) is 11.8 Å². The molecule has 2 saturated heterocycles. The number of H-pyrrole nitrogens is 1. The van der Waals surface area contributed by atoms with Crippen LogP contribution in [0.5, 0.6) is 5.75 Å². The summed E-state index contributed by atoms with van der Waals surface area (Å²) in [4.78, 5) is 148. The van der Waals surface area contributed by atoms with Gasteiger partial charge in [0.05, 0.1) is 60.4 Å². The number of anilines is 1. The third-order valence-electron chi connectivity index (χ3n) is 15.1. The highest BCUT2D eigenvalue weighted by molar-refractivity contribution is 7.85. The average Bonchev–Trinajstić information content (AvgIpc) is 3.45. The van der Waals surface area contributed by atoms with Crippen LogP contribution in [-0.4, -0.2) is 200 Å². The number of hydrogen-bond donors (Lipinski definition) is 14. The fourth-order valence-corrected chi connectivity index (χ4v) is 11.7. The number of phenols is 1. The van der Waals surface area contributed by atoms with Crippen LogP contribution in [-0.2, 0) is 65.2 Å². The van der Waals surface area contributed by atoms with E-state index in [1.54, 1.807) is 13.8 Å². The Hall–Kier alpha value is -7.60. The number of fused-ring (bicyclic) bond motifs is 5. The molecule has 444 valence electrons. The first-order valence-electron chi connectivity index (χ1n) is 27.0. The van der Waals surface area contributed by atoms with Crippen LogP contribution in [0.2, 0.25) is 0 Å². The first-order chi connectivity index (χ1) is 38.5. The highest BCUT2D eigenvalue weighted by Crippen LogP contribution is 2.40. The number of phenolic OH excluding ortho intramolecular Hbond substituents is 1. The Labute approximate surface area is 467 Å². The minimum absolute atomic E-state index is 0.0364. The highest BCUT2D eigenvalue weighted by atomic mass is 32.2. The van der Waals surface area contributed by atoms with Crippen molar-refractivity contribution in [2.45, 2.75) is 145 Å². The Morgan fingerprint density at radius 3 is 2.25 bits per heavy atom. The number of unbranched alkanes of at least 4 members (excludes halogenated alkanes) is 2. The van der Waals surface area contributed by atoms with Crippen molar-refractivity contribution >= 4 is 86.5 Å². The number of hydrogen-bond acceptors (Lipinski definition) is 17. The lowest BCUT2D eigenvalue weighted by Gasteiger charge is -2.34. The summed E-state index contributed by atoms with van der Waals surface area (Å²) in [6.45, 7) is 2.48. The van der Waals surface area contributed by atoms with Crippen molar-refractivity contribution in [1.29, 1.82) is 0 Å². The average molecular weight is 1160 g/mol. The maximum absolute atomic E-state index is 15.3. The highest BCUT2D eigenvalue weighted by Gasteiger charge is 2.45. The molecule has 0 spiro atoms. The fourth-order valence-electron chi connectivity index (χ4n) is 10.3. The van der Waals surface area contributed by atoms with Gasteiger partial charge in [0, 0.05) is 67.7 Å². The van der Waals surface area contributed by atoms with E-state index in [1.807, 2.05) is 4.90 Å². The van der Waals surface area contributed by atoms with E-state index in [0.29, 0.717) is 45.1 Å². The monoisotopic (exact) mass is 1160 g/mol.